The van der Waals surface area contributed by atoms with Crippen LogP contribution in [0.15, 0.2) is 0 Å². The third-order valence-electron chi connectivity index (χ3n) is 4.86. The van der Waals surface area contributed by atoms with Crippen LogP contribution in [0.3, 0.4) is 0 Å². The highest BCUT2D eigenvalue weighted by Gasteiger charge is 2.27. The fourth-order valence-corrected chi connectivity index (χ4v) is 4.53. The van der Waals surface area contributed by atoms with E-state index < -0.39 is 21.7 Å². The first-order valence-electron chi connectivity index (χ1n) is 8.36. The predicted octanol–water partition coefficient (Wildman–Crippen LogP) is 1.02. The molecule has 2 rings (SSSR count). The van der Waals surface area contributed by atoms with E-state index in [9.17, 15) is 13.2 Å². The summed E-state index contributed by atoms with van der Waals surface area (Å²) in [4.78, 5) is 12.0. The lowest BCUT2D eigenvalue weighted by Gasteiger charge is -2.30. The van der Waals surface area contributed by atoms with Crippen molar-refractivity contribution >= 4 is 28.3 Å². The number of hydrogen-bond donors (Lipinski definition) is 3. The van der Waals surface area contributed by atoms with Gasteiger partial charge in [0.25, 0.3) is 0 Å². The Hall–Kier alpha value is -0.370. The first kappa shape index (κ1) is 20.7. The zero-order chi connectivity index (χ0) is 16.2. The number of hydrogen-bond acceptors (Lipinski definition) is 4. The molecule has 0 radical (unpaired) electrons. The molecule has 1 aliphatic carbocycles. The maximum absolute atomic E-state index is 12.1. The molecule has 3 N–H and O–H groups in total. The topological polar surface area (TPSA) is 87.3 Å². The molecule has 0 spiro atoms. The van der Waals surface area contributed by atoms with Crippen molar-refractivity contribution in [3.8, 4) is 0 Å². The van der Waals surface area contributed by atoms with Gasteiger partial charge in [-0.2, -0.15) is 0 Å². The molecule has 2 aliphatic rings. The van der Waals surface area contributed by atoms with Crippen LogP contribution in [-0.2, 0) is 14.8 Å². The molecule has 1 amide bonds. The summed E-state index contributed by atoms with van der Waals surface area (Å²) in [6, 6.07) is 0.0104. The number of nitrogens with one attached hydrogen (secondary N) is 3. The molecule has 2 unspecified atom stereocenters. The second kappa shape index (κ2) is 9.20. The molecule has 0 aromatic heterocycles. The number of amides is 1. The normalized spacial score (nSPS) is 31.9. The Morgan fingerprint density at radius 2 is 1.78 bits per heavy atom. The Morgan fingerprint density at radius 1 is 1.13 bits per heavy atom. The van der Waals surface area contributed by atoms with Crippen molar-refractivity contribution in [1.29, 1.82) is 0 Å². The van der Waals surface area contributed by atoms with Crippen LogP contribution in [0, 0.1) is 11.8 Å². The van der Waals surface area contributed by atoms with Crippen LogP contribution in [0.25, 0.3) is 0 Å². The lowest BCUT2D eigenvalue weighted by atomic mass is 9.88. The summed E-state index contributed by atoms with van der Waals surface area (Å²) >= 11 is 0. The highest BCUT2D eigenvalue weighted by molar-refractivity contribution is 7.90. The minimum Gasteiger partial charge on any atom is -0.351 e. The van der Waals surface area contributed by atoms with Crippen molar-refractivity contribution in [3.63, 3.8) is 0 Å². The molecule has 2 atom stereocenters. The molecule has 23 heavy (non-hydrogen) atoms. The summed E-state index contributed by atoms with van der Waals surface area (Å²) in [6.45, 7) is 5.94. The lowest BCUT2D eigenvalue weighted by molar-refractivity contribution is -0.119. The summed E-state index contributed by atoms with van der Waals surface area (Å²) in [5.74, 6) is 0.171. The zero-order valence-electron chi connectivity index (χ0n) is 14.0. The Bertz CT molecular complexity index is 478. The van der Waals surface area contributed by atoms with Gasteiger partial charge in [0.15, 0.2) is 0 Å². The molecule has 8 heteroatoms. The average molecular weight is 368 g/mol. The summed E-state index contributed by atoms with van der Waals surface area (Å²) in [7, 11) is -3.55. The van der Waals surface area contributed by atoms with Gasteiger partial charge in [-0.05, 0) is 50.5 Å². The molecule has 0 aromatic rings. The average Bonchev–Trinajstić information content (AvgIpc) is 2.43. The van der Waals surface area contributed by atoms with Crippen LogP contribution in [0.5, 0.6) is 0 Å². The van der Waals surface area contributed by atoms with E-state index >= 15 is 0 Å². The molecule has 1 saturated heterocycles. The van der Waals surface area contributed by atoms with Crippen LogP contribution in [0.1, 0.15) is 46.0 Å². The van der Waals surface area contributed by atoms with E-state index in [1.165, 1.54) is 0 Å². The Labute approximate surface area is 146 Å². The van der Waals surface area contributed by atoms with Gasteiger partial charge in [0.2, 0.25) is 15.9 Å². The molecule has 1 saturated carbocycles. The van der Waals surface area contributed by atoms with E-state index in [2.05, 4.69) is 29.2 Å². The standard InChI is InChI=1S/C15H29N3O3S.ClH/c1-11-3-5-13(6-4-11)18-22(20,21)10-15(19)17-14-9-16-8-7-12(14)2;/h11-14,16,18H,3-10H2,1-2H3,(H,17,19);1H. The number of carbonyl (C=O) groups excluding carboxylic acids is 1. The first-order chi connectivity index (χ1) is 10.4. The molecule has 6 nitrogen and oxygen atoms in total. The third kappa shape index (κ3) is 6.95. The Kier molecular flexibility index (Phi) is 8.27. The van der Waals surface area contributed by atoms with E-state index in [4.69, 9.17) is 0 Å². The Morgan fingerprint density at radius 3 is 2.39 bits per heavy atom. The molecule has 1 heterocycles. The van der Waals surface area contributed by atoms with Crippen LogP contribution in [-0.4, -0.2) is 45.3 Å². The summed E-state index contributed by atoms with van der Waals surface area (Å²) in [5.41, 5.74) is 0. The molecular weight excluding hydrogens is 338 g/mol. The smallest absolute Gasteiger partial charge is 0.236 e. The minimum atomic E-state index is -3.55. The van der Waals surface area contributed by atoms with E-state index in [0.29, 0.717) is 18.4 Å². The van der Waals surface area contributed by atoms with E-state index in [1.807, 2.05) is 0 Å². The quantitative estimate of drug-likeness (QED) is 0.677. The highest BCUT2D eigenvalue weighted by atomic mass is 35.5. The largest absolute Gasteiger partial charge is 0.351 e. The van der Waals surface area contributed by atoms with Crippen LogP contribution in [0.2, 0.25) is 0 Å². The number of carbonyl (C=O) groups is 1. The Balaban J connectivity index is 0.00000264. The molecular formula is C15H30ClN3O3S. The molecule has 1 aliphatic heterocycles. The molecule has 136 valence electrons. The van der Waals surface area contributed by atoms with Crippen LogP contribution in [0.4, 0.5) is 0 Å². The number of sulfonamides is 1. The minimum absolute atomic E-state index is 0. The van der Waals surface area contributed by atoms with Gasteiger partial charge in [-0.1, -0.05) is 13.8 Å². The second-order valence-corrected chi connectivity index (χ2v) is 8.73. The number of rotatable bonds is 5. The summed E-state index contributed by atoms with van der Waals surface area (Å²) in [5, 5.41) is 6.07. The maximum atomic E-state index is 12.1. The van der Waals surface area contributed by atoms with Crippen molar-refractivity contribution in [3.05, 3.63) is 0 Å². The predicted molar refractivity (Wildman–Crippen MR) is 94.2 cm³/mol. The molecule has 0 aromatic carbocycles. The summed E-state index contributed by atoms with van der Waals surface area (Å²) < 4.78 is 26.9. The van der Waals surface area contributed by atoms with Crippen molar-refractivity contribution in [1.82, 2.24) is 15.4 Å². The fraction of sp³-hybridized carbons (Fsp3) is 0.933. The van der Waals surface area contributed by atoms with Gasteiger partial charge in [0, 0.05) is 18.6 Å². The second-order valence-electron chi connectivity index (χ2n) is 6.98. The number of halogens is 1. The molecule has 2 fully saturated rings. The lowest BCUT2D eigenvalue weighted by Crippen LogP contribution is -2.52. The van der Waals surface area contributed by atoms with Crippen LogP contribution >= 0.6 is 12.4 Å². The van der Waals surface area contributed by atoms with Gasteiger partial charge in [-0.25, -0.2) is 13.1 Å². The van der Waals surface area contributed by atoms with Gasteiger partial charge in [0.1, 0.15) is 5.75 Å². The monoisotopic (exact) mass is 367 g/mol. The van der Waals surface area contributed by atoms with Gasteiger partial charge < -0.3 is 10.6 Å². The van der Waals surface area contributed by atoms with Gasteiger partial charge in [-0.3, -0.25) is 4.79 Å². The first-order valence-corrected chi connectivity index (χ1v) is 10.0. The van der Waals surface area contributed by atoms with Gasteiger partial charge in [0.05, 0.1) is 0 Å². The zero-order valence-corrected chi connectivity index (χ0v) is 15.6. The van der Waals surface area contributed by atoms with Crippen LogP contribution < -0.4 is 15.4 Å². The number of piperidine rings is 1. The third-order valence-corrected chi connectivity index (χ3v) is 6.19. The maximum Gasteiger partial charge on any atom is 0.236 e. The van der Waals surface area contributed by atoms with E-state index in [1.54, 1.807) is 0 Å². The van der Waals surface area contributed by atoms with Gasteiger partial charge >= 0.3 is 0 Å². The van der Waals surface area contributed by atoms with Gasteiger partial charge in [-0.15, -0.1) is 12.4 Å². The van der Waals surface area contributed by atoms with Crippen molar-refractivity contribution < 1.29 is 13.2 Å². The van der Waals surface area contributed by atoms with Crippen molar-refractivity contribution in [2.24, 2.45) is 11.8 Å². The summed E-state index contributed by atoms with van der Waals surface area (Å²) in [6.07, 6.45) is 4.82. The van der Waals surface area contributed by atoms with E-state index in [-0.39, 0.29) is 24.5 Å². The molecule has 0 bridgehead atoms. The fourth-order valence-electron chi connectivity index (χ4n) is 3.28. The van der Waals surface area contributed by atoms with Crippen molar-refractivity contribution in [2.75, 3.05) is 18.8 Å². The SMILES string of the molecule is CC1CCC(NS(=O)(=O)CC(=O)NC2CNCCC2C)CC1.Cl. The van der Waals surface area contributed by atoms with Crippen molar-refractivity contribution in [2.45, 2.75) is 58.0 Å². The highest BCUT2D eigenvalue weighted by Crippen LogP contribution is 2.23. The van der Waals surface area contributed by atoms with E-state index in [0.717, 1.165) is 38.6 Å².